The topological polar surface area (TPSA) is 74.5 Å². The molecule has 0 unspecified atom stereocenters. The third kappa shape index (κ3) is 2.04. The summed E-state index contributed by atoms with van der Waals surface area (Å²) in [6.45, 7) is 0. The van der Waals surface area contributed by atoms with Crippen LogP contribution in [0.4, 0.5) is 5.95 Å². The van der Waals surface area contributed by atoms with Gasteiger partial charge in [-0.2, -0.15) is 5.26 Å². The lowest BCUT2D eigenvalue weighted by Gasteiger charge is -2.06. The first-order chi connectivity index (χ1) is 9.81. The van der Waals surface area contributed by atoms with Crippen LogP contribution in [0.5, 0.6) is 0 Å². The van der Waals surface area contributed by atoms with Crippen LogP contribution in [-0.2, 0) is 0 Å². The van der Waals surface area contributed by atoms with E-state index in [1.165, 1.54) is 0 Å². The van der Waals surface area contributed by atoms with Crippen molar-refractivity contribution in [3.63, 3.8) is 0 Å². The summed E-state index contributed by atoms with van der Waals surface area (Å²) in [7, 11) is 1.75. The fourth-order valence-corrected chi connectivity index (χ4v) is 2.03. The summed E-state index contributed by atoms with van der Waals surface area (Å²) in [4.78, 5) is 12.8. The number of hydrogen-bond donors (Lipinski definition) is 1. The Morgan fingerprint density at radius 1 is 1.15 bits per heavy atom. The fourth-order valence-electron chi connectivity index (χ4n) is 2.03. The van der Waals surface area contributed by atoms with Crippen molar-refractivity contribution < 1.29 is 0 Å². The summed E-state index contributed by atoms with van der Waals surface area (Å²) < 4.78 is 0. The molecule has 5 nitrogen and oxygen atoms in total. The van der Waals surface area contributed by atoms with Gasteiger partial charge in [0.25, 0.3) is 0 Å². The number of pyridine rings is 1. The number of nitrogens with one attached hydrogen (secondary N) is 1. The minimum absolute atomic E-state index is 0.365. The van der Waals surface area contributed by atoms with Crippen LogP contribution < -0.4 is 5.32 Å². The standard InChI is InChI=1S/C15H11N5/c1-17-15-18-7-6-13(20-15)11-8-10-4-2-3-5-12(10)19-14(11)9-16/h2-8H,1H3,(H,17,18,20). The van der Waals surface area contributed by atoms with Crippen LogP contribution in [0.2, 0.25) is 0 Å². The molecule has 0 spiro atoms. The van der Waals surface area contributed by atoms with Crippen molar-refractivity contribution in [3.05, 3.63) is 48.3 Å². The van der Waals surface area contributed by atoms with Crippen molar-refractivity contribution in [3.8, 4) is 17.3 Å². The first-order valence-electron chi connectivity index (χ1n) is 6.13. The molecule has 3 rings (SSSR count). The number of hydrogen-bond acceptors (Lipinski definition) is 5. The van der Waals surface area contributed by atoms with E-state index >= 15 is 0 Å². The Bertz CT molecular complexity index is 820. The van der Waals surface area contributed by atoms with Crippen LogP contribution in [0.25, 0.3) is 22.2 Å². The van der Waals surface area contributed by atoms with Crippen LogP contribution in [0.15, 0.2) is 42.6 Å². The molecule has 3 aromatic rings. The average Bonchev–Trinajstić information content (AvgIpc) is 2.53. The zero-order valence-electron chi connectivity index (χ0n) is 10.8. The van der Waals surface area contributed by atoms with Crippen LogP contribution in [0.3, 0.4) is 0 Å². The maximum Gasteiger partial charge on any atom is 0.222 e. The molecule has 2 heterocycles. The van der Waals surface area contributed by atoms with Crippen molar-refractivity contribution in [2.75, 3.05) is 12.4 Å². The Balaban J connectivity index is 2.26. The Morgan fingerprint density at radius 3 is 2.80 bits per heavy atom. The van der Waals surface area contributed by atoms with Gasteiger partial charge in [-0.15, -0.1) is 0 Å². The zero-order valence-corrected chi connectivity index (χ0v) is 10.8. The number of aromatic nitrogens is 3. The van der Waals surface area contributed by atoms with E-state index in [9.17, 15) is 5.26 Å². The summed E-state index contributed by atoms with van der Waals surface area (Å²) in [5, 5.41) is 13.2. The van der Waals surface area contributed by atoms with Crippen molar-refractivity contribution in [2.24, 2.45) is 0 Å². The maximum atomic E-state index is 9.29. The molecule has 0 bridgehead atoms. The van der Waals surface area contributed by atoms with E-state index < -0.39 is 0 Å². The molecule has 0 aliphatic carbocycles. The predicted octanol–water partition coefficient (Wildman–Crippen LogP) is 2.61. The molecule has 0 atom stereocenters. The summed E-state index contributed by atoms with van der Waals surface area (Å²) in [6, 6.07) is 13.5. The summed E-state index contributed by atoms with van der Waals surface area (Å²) >= 11 is 0. The lowest BCUT2D eigenvalue weighted by Crippen LogP contribution is -1.98. The molecule has 1 N–H and O–H groups in total. The number of nitriles is 1. The van der Waals surface area contributed by atoms with Crippen LogP contribution in [0, 0.1) is 11.3 Å². The highest BCUT2D eigenvalue weighted by Crippen LogP contribution is 2.25. The maximum absolute atomic E-state index is 9.29. The van der Waals surface area contributed by atoms with E-state index in [1.807, 2.05) is 30.3 Å². The number of nitrogens with zero attached hydrogens (tertiary/aromatic N) is 4. The van der Waals surface area contributed by atoms with Gasteiger partial charge in [0.05, 0.1) is 11.2 Å². The molecule has 0 radical (unpaired) electrons. The van der Waals surface area contributed by atoms with Gasteiger partial charge in [0.1, 0.15) is 6.07 Å². The molecule has 0 amide bonds. The Hall–Kier alpha value is -3.00. The molecule has 20 heavy (non-hydrogen) atoms. The Labute approximate surface area is 116 Å². The van der Waals surface area contributed by atoms with Gasteiger partial charge in [-0.3, -0.25) is 0 Å². The van der Waals surface area contributed by atoms with Gasteiger partial charge in [-0.25, -0.2) is 15.0 Å². The minimum atomic E-state index is 0.365. The van der Waals surface area contributed by atoms with Crippen LogP contribution in [-0.4, -0.2) is 22.0 Å². The fraction of sp³-hybridized carbons (Fsp3) is 0.0667. The van der Waals surface area contributed by atoms with Gasteiger partial charge in [0.2, 0.25) is 5.95 Å². The van der Waals surface area contributed by atoms with E-state index in [0.717, 1.165) is 10.9 Å². The first-order valence-corrected chi connectivity index (χ1v) is 6.13. The summed E-state index contributed by atoms with van der Waals surface area (Å²) in [5.74, 6) is 0.513. The second kappa shape index (κ2) is 4.94. The molecule has 0 aliphatic rings. The number of anilines is 1. The summed E-state index contributed by atoms with van der Waals surface area (Å²) in [5.41, 5.74) is 2.56. The first kappa shape index (κ1) is 12.1. The quantitative estimate of drug-likeness (QED) is 0.767. The van der Waals surface area contributed by atoms with E-state index in [4.69, 9.17) is 0 Å². The van der Waals surface area contributed by atoms with Gasteiger partial charge in [0, 0.05) is 24.2 Å². The minimum Gasteiger partial charge on any atom is -0.357 e. The van der Waals surface area contributed by atoms with Gasteiger partial charge >= 0.3 is 0 Å². The average molecular weight is 261 g/mol. The molecule has 1 aromatic carbocycles. The number of para-hydroxylation sites is 1. The second-order valence-corrected chi connectivity index (χ2v) is 4.20. The van der Waals surface area contributed by atoms with E-state index in [2.05, 4.69) is 26.3 Å². The van der Waals surface area contributed by atoms with Crippen molar-refractivity contribution in [1.82, 2.24) is 15.0 Å². The third-order valence-electron chi connectivity index (χ3n) is 2.99. The van der Waals surface area contributed by atoms with Gasteiger partial charge in [-0.1, -0.05) is 18.2 Å². The zero-order chi connectivity index (χ0) is 13.9. The monoisotopic (exact) mass is 261 g/mol. The number of rotatable bonds is 2. The smallest absolute Gasteiger partial charge is 0.222 e. The molecule has 0 saturated carbocycles. The highest BCUT2D eigenvalue weighted by Gasteiger charge is 2.10. The molecule has 0 fully saturated rings. The predicted molar refractivity (Wildman–Crippen MR) is 77.0 cm³/mol. The van der Waals surface area contributed by atoms with Gasteiger partial charge < -0.3 is 5.32 Å². The Morgan fingerprint density at radius 2 is 2.00 bits per heavy atom. The van der Waals surface area contributed by atoms with Crippen molar-refractivity contribution >= 4 is 16.9 Å². The van der Waals surface area contributed by atoms with Crippen LogP contribution >= 0.6 is 0 Å². The SMILES string of the molecule is CNc1nccc(-c2cc3ccccc3nc2C#N)n1. The molecule has 2 aromatic heterocycles. The lowest BCUT2D eigenvalue weighted by molar-refractivity contribution is 1.15. The van der Waals surface area contributed by atoms with E-state index in [-0.39, 0.29) is 0 Å². The largest absolute Gasteiger partial charge is 0.357 e. The highest BCUT2D eigenvalue weighted by atomic mass is 15.1. The lowest BCUT2D eigenvalue weighted by atomic mass is 10.1. The van der Waals surface area contributed by atoms with Crippen LogP contribution in [0.1, 0.15) is 5.69 Å². The molecular weight excluding hydrogens is 250 g/mol. The number of benzene rings is 1. The Kier molecular flexibility index (Phi) is 2.98. The van der Waals surface area contributed by atoms with E-state index in [0.29, 0.717) is 22.9 Å². The van der Waals surface area contributed by atoms with Gasteiger partial charge in [0.15, 0.2) is 5.69 Å². The van der Waals surface area contributed by atoms with Crippen molar-refractivity contribution in [2.45, 2.75) is 0 Å². The number of fused-ring (bicyclic) bond motifs is 1. The van der Waals surface area contributed by atoms with Gasteiger partial charge in [-0.05, 0) is 18.2 Å². The van der Waals surface area contributed by atoms with Crippen molar-refractivity contribution in [1.29, 1.82) is 5.26 Å². The molecular formula is C15H11N5. The molecule has 0 aliphatic heterocycles. The molecule has 0 saturated heterocycles. The van der Waals surface area contributed by atoms with E-state index in [1.54, 1.807) is 19.3 Å². The molecule has 5 heteroatoms. The highest BCUT2D eigenvalue weighted by molar-refractivity contribution is 5.85. The second-order valence-electron chi connectivity index (χ2n) is 4.20. The molecule has 96 valence electrons. The normalized spacial score (nSPS) is 10.2. The third-order valence-corrected chi connectivity index (χ3v) is 2.99. The summed E-state index contributed by atoms with van der Waals surface area (Å²) in [6.07, 6.45) is 1.66.